The molecule has 0 aromatic heterocycles. The smallest absolute Gasteiger partial charge is 0.224 e. The number of carbonyl (C=O) groups is 1. The van der Waals surface area contributed by atoms with E-state index in [2.05, 4.69) is 5.32 Å². The third-order valence-corrected chi connectivity index (χ3v) is 2.43. The van der Waals surface area contributed by atoms with Crippen molar-refractivity contribution in [3.05, 3.63) is 30.3 Å². The molecule has 0 heterocycles. The van der Waals surface area contributed by atoms with Crippen LogP contribution in [0.25, 0.3) is 0 Å². The van der Waals surface area contributed by atoms with Crippen LogP contribution in [0.15, 0.2) is 30.3 Å². The third kappa shape index (κ3) is 5.36. The normalized spacial score (nSPS) is 11.9. The van der Waals surface area contributed by atoms with Crippen molar-refractivity contribution in [2.45, 2.75) is 13.3 Å². The number of amides is 1. The van der Waals surface area contributed by atoms with Crippen LogP contribution >= 0.6 is 0 Å². The largest absolute Gasteiger partial charge is 0.494 e. The van der Waals surface area contributed by atoms with E-state index < -0.39 is 0 Å². The lowest BCUT2D eigenvalue weighted by Gasteiger charge is -2.10. The molecule has 0 aliphatic heterocycles. The lowest BCUT2D eigenvalue weighted by atomic mass is 10.2. The summed E-state index contributed by atoms with van der Waals surface area (Å²) in [4.78, 5) is 11.4. The van der Waals surface area contributed by atoms with Gasteiger partial charge in [0.05, 0.1) is 6.61 Å². The first-order valence-corrected chi connectivity index (χ1v) is 5.89. The van der Waals surface area contributed by atoms with Gasteiger partial charge in [-0.15, -0.1) is 0 Å². The predicted octanol–water partition coefficient (Wildman–Crippen LogP) is 1.17. The molecular weight excluding hydrogens is 216 g/mol. The van der Waals surface area contributed by atoms with E-state index >= 15 is 0 Å². The average molecular weight is 236 g/mol. The van der Waals surface area contributed by atoms with Crippen LogP contribution in [0.4, 0.5) is 0 Å². The zero-order valence-corrected chi connectivity index (χ0v) is 10.2. The van der Waals surface area contributed by atoms with Crippen LogP contribution in [0.1, 0.15) is 13.3 Å². The molecule has 0 bridgehead atoms. The Bertz CT molecular complexity index is 327. The summed E-state index contributed by atoms with van der Waals surface area (Å²) in [7, 11) is 0. The summed E-state index contributed by atoms with van der Waals surface area (Å²) in [5.74, 6) is 0.742. The van der Waals surface area contributed by atoms with Crippen molar-refractivity contribution < 1.29 is 9.53 Å². The molecule has 1 rings (SSSR count). The van der Waals surface area contributed by atoms with Crippen LogP contribution < -0.4 is 15.8 Å². The second-order valence-corrected chi connectivity index (χ2v) is 3.94. The van der Waals surface area contributed by atoms with Crippen molar-refractivity contribution in [3.8, 4) is 5.75 Å². The SMILES string of the molecule is CC(CN)C(=O)NCCCOc1ccccc1. The van der Waals surface area contributed by atoms with Crippen molar-refractivity contribution >= 4 is 5.91 Å². The summed E-state index contributed by atoms with van der Waals surface area (Å²) in [6.07, 6.45) is 0.790. The number of rotatable bonds is 7. The van der Waals surface area contributed by atoms with Crippen LogP contribution in [0.3, 0.4) is 0 Å². The zero-order chi connectivity index (χ0) is 12.5. The molecule has 4 heteroatoms. The molecule has 0 aliphatic carbocycles. The van der Waals surface area contributed by atoms with E-state index in [1.54, 1.807) is 0 Å². The highest BCUT2D eigenvalue weighted by molar-refractivity contribution is 5.78. The fourth-order valence-electron chi connectivity index (χ4n) is 1.27. The van der Waals surface area contributed by atoms with E-state index in [0.717, 1.165) is 12.2 Å². The number of para-hydroxylation sites is 1. The Kier molecular flexibility index (Phi) is 6.10. The van der Waals surface area contributed by atoms with Crippen molar-refractivity contribution in [2.75, 3.05) is 19.7 Å². The Balaban J connectivity index is 2.07. The Labute approximate surface area is 102 Å². The topological polar surface area (TPSA) is 64.4 Å². The molecule has 0 radical (unpaired) electrons. The lowest BCUT2D eigenvalue weighted by molar-refractivity contribution is -0.124. The maximum Gasteiger partial charge on any atom is 0.224 e. The standard InChI is InChI=1S/C13H20N2O2/c1-11(10-14)13(16)15-8-5-9-17-12-6-3-2-4-7-12/h2-4,6-7,11H,5,8-10,14H2,1H3,(H,15,16). The molecule has 0 fully saturated rings. The Morgan fingerprint density at radius 1 is 1.41 bits per heavy atom. The maximum atomic E-state index is 11.4. The van der Waals surface area contributed by atoms with Gasteiger partial charge in [-0.25, -0.2) is 0 Å². The van der Waals surface area contributed by atoms with Crippen LogP contribution in [-0.2, 0) is 4.79 Å². The fraction of sp³-hybridized carbons (Fsp3) is 0.462. The number of nitrogens with two attached hydrogens (primary N) is 1. The average Bonchev–Trinajstić information content (AvgIpc) is 2.38. The highest BCUT2D eigenvalue weighted by Gasteiger charge is 2.08. The van der Waals surface area contributed by atoms with Crippen molar-refractivity contribution in [2.24, 2.45) is 11.7 Å². The molecule has 1 aromatic rings. The van der Waals surface area contributed by atoms with Gasteiger partial charge >= 0.3 is 0 Å². The van der Waals surface area contributed by atoms with Crippen molar-refractivity contribution in [1.82, 2.24) is 5.32 Å². The molecule has 3 N–H and O–H groups in total. The Morgan fingerprint density at radius 2 is 2.12 bits per heavy atom. The van der Waals surface area contributed by atoms with Gasteiger partial charge in [0.2, 0.25) is 5.91 Å². The minimum absolute atomic E-state index is 0.00668. The molecule has 1 atom stereocenters. The molecule has 94 valence electrons. The minimum Gasteiger partial charge on any atom is -0.494 e. The molecule has 0 spiro atoms. The Morgan fingerprint density at radius 3 is 2.76 bits per heavy atom. The predicted molar refractivity (Wildman–Crippen MR) is 67.8 cm³/mol. The van der Waals surface area contributed by atoms with Crippen LogP contribution in [0.5, 0.6) is 5.75 Å². The van der Waals surface area contributed by atoms with E-state index in [0.29, 0.717) is 19.7 Å². The maximum absolute atomic E-state index is 11.4. The van der Waals surface area contributed by atoms with Crippen LogP contribution in [0, 0.1) is 5.92 Å². The van der Waals surface area contributed by atoms with Gasteiger partial charge in [-0.05, 0) is 18.6 Å². The fourth-order valence-corrected chi connectivity index (χ4v) is 1.27. The molecule has 4 nitrogen and oxygen atoms in total. The lowest BCUT2D eigenvalue weighted by Crippen LogP contribution is -2.34. The molecular formula is C13H20N2O2. The van der Waals surface area contributed by atoms with Crippen molar-refractivity contribution in [1.29, 1.82) is 0 Å². The first-order chi connectivity index (χ1) is 8.24. The summed E-state index contributed by atoms with van der Waals surface area (Å²) in [6.45, 7) is 3.42. The summed E-state index contributed by atoms with van der Waals surface area (Å²) in [5.41, 5.74) is 5.39. The number of hydrogen-bond acceptors (Lipinski definition) is 3. The van der Waals surface area contributed by atoms with Crippen LogP contribution in [0.2, 0.25) is 0 Å². The number of ether oxygens (including phenoxy) is 1. The molecule has 1 unspecified atom stereocenters. The summed E-state index contributed by atoms with van der Waals surface area (Å²) < 4.78 is 5.50. The second kappa shape index (κ2) is 7.68. The minimum atomic E-state index is -0.120. The van der Waals surface area contributed by atoms with Gasteiger partial charge in [0.15, 0.2) is 0 Å². The highest BCUT2D eigenvalue weighted by Crippen LogP contribution is 2.07. The third-order valence-electron chi connectivity index (χ3n) is 2.43. The van der Waals surface area contributed by atoms with Crippen LogP contribution in [-0.4, -0.2) is 25.6 Å². The first kappa shape index (κ1) is 13.5. The summed E-state index contributed by atoms with van der Waals surface area (Å²) >= 11 is 0. The van der Waals surface area contributed by atoms with Gasteiger partial charge in [-0.3, -0.25) is 4.79 Å². The van der Waals surface area contributed by atoms with Gasteiger partial charge in [-0.2, -0.15) is 0 Å². The van der Waals surface area contributed by atoms with E-state index in [4.69, 9.17) is 10.5 Å². The number of benzene rings is 1. The molecule has 17 heavy (non-hydrogen) atoms. The van der Waals surface area contributed by atoms with Gasteiger partial charge in [0, 0.05) is 19.0 Å². The molecule has 0 aliphatic rings. The molecule has 1 aromatic carbocycles. The number of hydrogen-bond donors (Lipinski definition) is 2. The van der Waals surface area contributed by atoms with E-state index in [1.807, 2.05) is 37.3 Å². The summed E-state index contributed by atoms with van der Waals surface area (Å²) in [5, 5.41) is 2.82. The van der Waals surface area contributed by atoms with E-state index in [9.17, 15) is 4.79 Å². The molecule has 0 saturated heterocycles. The number of carbonyl (C=O) groups excluding carboxylic acids is 1. The van der Waals surface area contributed by atoms with Crippen molar-refractivity contribution in [3.63, 3.8) is 0 Å². The van der Waals surface area contributed by atoms with E-state index in [-0.39, 0.29) is 11.8 Å². The number of nitrogens with one attached hydrogen (secondary N) is 1. The first-order valence-electron chi connectivity index (χ1n) is 5.89. The van der Waals surface area contributed by atoms with Gasteiger partial charge < -0.3 is 15.8 Å². The van der Waals surface area contributed by atoms with Gasteiger partial charge in [0.1, 0.15) is 5.75 Å². The quantitative estimate of drug-likeness (QED) is 0.698. The Hall–Kier alpha value is -1.55. The molecule has 1 amide bonds. The molecule has 0 saturated carbocycles. The second-order valence-electron chi connectivity index (χ2n) is 3.94. The summed E-state index contributed by atoms with van der Waals surface area (Å²) in [6, 6.07) is 9.63. The zero-order valence-electron chi connectivity index (χ0n) is 10.2. The van der Waals surface area contributed by atoms with Gasteiger partial charge in [-0.1, -0.05) is 25.1 Å². The van der Waals surface area contributed by atoms with E-state index in [1.165, 1.54) is 0 Å². The van der Waals surface area contributed by atoms with Gasteiger partial charge in [0.25, 0.3) is 0 Å². The highest BCUT2D eigenvalue weighted by atomic mass is 16.5. The monoisotopic (exact) mass is 236 g/mol.